The van der Waals surface area contributed by atoms with Gasteiger partial charge in [0.1, 0.15) is 6.61 Å². The standard InChI is InChI=1S/C17H20N2O2/c1-17(2,3)16(20)19-15-14(10-7-11-18-15)21-12-13-8-5-4-6-9-13/h4-11H,12H2,1-3H3,(H,18,19,20). The van der Waals surface area contributed by atoms with E-state index in [9.17, 15) is 4.79 Å². The third-order valence-corrected chi connectivity index (χ3v) is 2.92. The summed E-state index contributed by atoms with van der Waals surface area (Å²) in [6.45, 7) is 6.01. The maximum Gasteiger partial charge on any atom is 0.231 e. The lowest BCUT2D eigenvalue weighted by Crippen LogP contribution is -2.28. The number of carbonyl (C=O) groups excluding carboxylic acids is 1. The van der Waals surface area contributed by atoms with E-state index in [1.807, 2.05) is 51.1 Å². The molecule has 1 heterocycles. The smallest absolute Gasteiger partial charge is 0.231 e. The van der Waals surface area contributed by atoms with E-state index in [1.165, 1.54) is 0 Å². The Labute approximate surface area is 125 Å². The summed E-state index contributed by atoms with van der Waals surface area (Å²) in [5, 5.41) is 2.81. The Morgan fingerprint density at radius 2 is 1.86 bits per heavy atom. The van der Waals surface area contributed by atoms with Gasteiger partial charge in [0, 0.05) is 11.6 Å². The number of hydrogen-bond donors (Lipinski definition) is 1. The van der Waals surface area contributed by atoms with Crippen LogP contribution in [0, 0.1) is 5.41 Å². The van der Waals surface area contributed by atoms with E-state index in [0.717, 1.165) is 5.56 Å². The van der Waals surface area contributed by atoms with Crippen molar-refractivity contribution in [1.29, 1.82) is 0 Å². The van der Waals surface area contributed by atoms with Crippen molar-refractivity contribution in [3.63, 3.8) is 0 Å². The van der Waals surface area contributed by atoms with E-state index in [-0.39, 0.29) is 5.91 Å². The molecule has 1 aromatic heterocycles. The van der Waals surface area contributed by atoms with Crippen LogP contribution < -0.4 is 10.1 Å². The highest BCUT2D eigenvalue weighted by molar-refractivity contribution is 5.94. The molecule has 21 heavy (non-hydrogen) atoms. The molecule has 110 valence electrons. The molecule has 0 spiro atoms. The van der Waals surface area contributed by atoms with Gasteiger partial charge in [-0.05, 0) is 17.7 Å². The predicted molar refractivity (Wildman–Crippen MR) is 83.1 cm³/mol. The summed E-state index contributed by atoms with van der Waals surface area (Å²) < 4.78 is 5.76. The number of carbonyl (C=O) groups is 1. The lowest BCUT2D eigenvalue weighted by atomic mass is 9.96. The number of pyridine rings is 1. The second-order valence-electron chi connectivity index (χ2n) is 5.83. The molecule has 0 bridgehead atoms. The average Bonchev–Trinajstić information content (AvgIpc) is 2.46. The number of rotatable bonds is 4. The van der Waals surface area contributed by atoms with E-state index in [4.69, 9.17) is 4.74 Å². The highest BCUT2D eigenvalue weighted by Gasteiger charge is 2.22. The van der Waals surface area contributed by atoms with Gasteiger partial charge in [0.15, 0.2) is 11.6 Å². The lowest BCUT2D eigenvalue weighted by molar-refractivity contribution is -0.123. The number of anilines is 1. The number of amides is 1. The van der Waals surface area contributed by atoms with Crippen LogP contribution in [0.3, 0.4) is 0 Å². The molecule has 0 saturated heterocycles. The van der Waals surface area contributed by atoms with Crippen molar-refractivity contribution >= 4 is 11.7 Å². The molecule has 0 atom stereocenters. The third kappa shape index (κ3) is 4.31. The van der Waals surface area contributed by atoms with Gasteiger partial charge in [0.05, 0.1) is 0 Å². The van der Waals surface area contributed by atoms with Crippen LogP contribution in [0.1, 0.15) is 26.3 Å². The molecule has 1 N–H and O–H groups in total. The largest absolute Gasteiger partial charge is 0.485 e. The van der Waals surface area contributed by atoms with Crippen molar-refractivity contribution in [3.05, 3.63) is 54.2 Å². The maximum atomic E-state index is 12.1. The number of nitrogens with zero attached hydrogens (tertiary/aromatic N) is 1. The first kappa shape index (κ1) is 15.0. The van der Waals surface area contributed by atoms with Gasteiger partial charge in [-0.25, -0.2) is 4.98 Å². The Balaban J connectivity index is 2.08. The summed E-state index contributed by atoms with van der Waals surface area (Å²) in [6.07, 6.45) is 1.63. The zero-order valence-electron chi connectivity index (χ0n) is 12.6. The first-order valence-electron chi connectivity index (χ1n) is 6.90. The quantitative estimate of drug-likeness (QED) is 0.932. The van der Waals surface area contributed by atoms with Crippen LogP contribution in [0.2, 0.25) is 0 Å². The topological polar surface area (TPSA) is 51.2 Å². The molecule has 0 fully saturated rings. The van der Waals surface area contributed by atoms with Gasteiger partial charge in [-0.15, -0.1) is 0 Å². The van der Waals surface area contributed by atoms with Crippen LogP contribution >= 0.6 is 0 Å². The Hall–Kier alpha value is -2.36. The van der Waals surface area contributed by atoms with Crippen molar-refractivity contribution in [2.75, 3.05) is 5.32 Å². The molecular weight excluding hydrogens is 264 g/mol. The van der Waals surface area contributed by atoms with Crippen molar-refractivity contribution in [3.8, 4) is 5.75 Å². The van der Waals surface area contributed by atoms with E-state index in [0.29, 0.717) is 18.2 Å². The third-order valence-electron chi connectivity index (χ3n) is 2.92. The maximum absolute atomic E-state index is 12.1. The number of nitrogens with one attached hydrogen (secondary N) is 1. The highest BCUT2D eigenvalue weighted by atomic mass is 16.5. The Bertz CT molecular complexity index is 604. The minimum atomic E-state index is -0.478. The molecule has 0 saturated carbocycles. The number of aromatic nitrogens is 1. The van der Waals surface area contributed by atoms with Crippen LogP contribution in [0.5, 0.6) is 5.75 Å². The second-order valence-corrected chi connectivity index (χ2v) is 5.83. The first-order valence-corrected chi connectivity index (χ1v) is 6.90. The molecule has 0 aliphatic heterocycles. The van der Waals surface area contributed by atoms with Crippen LogP contribution in [0.25, 0.3) is 0 Å². The average molecular weight is 284 g/mol. The SMILES string of the molecule is CC(C)(C)C(=O)Nc1ncccc1OCc1ccccc1. The van der Waals surface area contributed by atoms with Crippen molar-refractivity contribution in [2.45, 2.75) is 27.4 Å². The van der Waals surface area contributed by atoms with Crippen molar-refractivity contribution in [2.24, 2.45) is 5.41 Å². The van der Waals surface area contributed by atoms with Crippen LogP contribution in [-0.4, -0.2) is 10.9 Å². The van der Waals surface area contributed by atoms with Gasteiger partial charge in [0.25, 0.3) is 0 Å². The predicted octanol–water partition coefficient (Wildman–Crippen LogP) is 3.65. The monoisotopic (exact) mass is 284 g/mol. The van der Waals surface area contributed by atoms with Gasteiger partial charge in [-0.2, -0.15) is 0 Å². The minimum Gasteiger partial charge on any atom is -0.485 e. The fourth-order valence-electron chi connectivity index (χ4n) is 1.63. The van der Waals surface area contributed by atoms with E-state index < -0.39 is 5.41 Å². The van der Waals surface area contributed by atoms with Crippen molar-refractivity contribution < 1.29 is 9.53 Å². The second kappa shape index (κ2) is 6.39. The van der Waals surface area contributed by atoms with Gasteiger partial charge in [-0.1, -0.05) is 51.1 Å². The minimum absolute atomic E-state index is 0.0919. The fourth-order valence-corrected chi connectivity index (χ4v) is 1.63. The Kier molecular flexibility index (Phi) is 4.58. The Morgan fingerprint density at radius 1 is 1.14 bits per heavy atom. The molecule has 2 rings (SSSR count). The van der Waals surface area contributed by atoms with Crippen molar-refractivity contribution in [1.82, 2.24) is 4.98 Å². The van der Waals surface area contributed by atoms with Gasteiger partial charge in [-0.3, -0.25) is 4.79 Å². The molecule has 1 aromatic carbocycles. The van der Waals surface area contributed by atoms with E-state index >= 15 is 0 Å². The summed E-state index contributed by atoms with van der Waals surface area (Å²) >= 11 is 0. The van der Waals surface area contributed by atoms with Gasteiger partial charge < -0.3 is 10.1 Å². The molecule has 0 aliphatic carbocycles. The zero-order chi connectivity index (χ0) is 15.3. The molecule has 4 nitrogen and oxygen atoms in total. The summed E-state index contributed by atoms with van der Waals surface area (Å²) in [4.78, 5) is 16.2. The first-order chi connectivity index (χ1) is 9.97. The molecule has 0 unspecified atom stereocenters. The van der Waals surface area contributed by atoms with Gasteiger partial charge in [0.2, 0.25) is 5.91 Å². The normalized spacial score (nSPS) is 11.0. The lowest BCUT2D eigenvalue weighted by Gasteiger charge is -2.18. The van der Waals surface area contributed by atoms with E-state index in [2.05, 4.69) is 10.3 Å². The van der Waals surface area contributed by atoms with Crippen LogP contribution in [0.15, 0.2) is 48.7 Å². The summed E-state index contributed by atoms with van der Waals surface area (Å²) in [5.41, 5.74) is 0.586. The number of benzene rings is 1. The molecule has 2 aromatic rings. The molecule has 4 heteroatoms. The molecule has 1 amide bonds. The summed E-state index contributed by atoms with van der Waals surface area (Å²) in [5.74, 6) is 0.929. The van der Waals surface area contributed by atoms with Gasteiger partial charge >= 0.3 is 0 Å². The number of ether oxygens (including phenoxy) is 1. The fraction of sp³-hybridized carbons (Fsp3) is 0.294. The summed E-state index contributed by atoms with van der Waals surface area (Å²) in [7, 11) is 0. The molecular formula is C17H20N2O2. The molecule has 0 aliphatic rings. The Morgan fingerprint density at radius 3 is 2.52 bits per heavy atom. The van der Waals surface area contributed by atoms with E-state index in [1.54, 1.807) is 18.3 Å². The number of hydrogen-bond acceptors (Lipinski definition) is 3. The highest BCUT2D eigenvalue weighted by Crippen LogP contribution is 2.24. The molecule has 0 radical (unpaired) electrons. The van der Waals surface area contributed by atoms with Crippen LogP contribution in [0.4, 0.5) is 5.82 Å². The zero-order valence-corrected chi connectivity index (χ0v) is 12.6. The van der Waals surface area contributed by atoms with Crippen LogP contribution in [-0.2, 0) is 11.4 Å². The summed E-state index contributed by atoms with van der Waals surface area (Å²) in [6, 6.07) is 13.5.